The Balaban J connectivity index is 1.48. The topological polar surface area (TPSA) is 53.9 Å². The van der Waals surface area contributed by atoms with Crippen molar-refractivity contribution in [2.24, 2.45) is 5.92 Å². The molecule has 1 aliphatic heterocycles. The number of piperidine rings is 1. The first kappa shape index (κ1) is 12.5. The van der Waals surface area contributed by atoms with Gasteiger partial charge in [-0.05, 0) is 48.9 Å². The summed E-state index contributed by atoms with van der Waals surface area (Å²) in [5, 5.41) is 9.08. The fraction of sp³-hybridized carbons (Fsp3) is 0.389. The highest BCUT2D eigenvalue weighted by molar-refractivity contribution is 5.88. The number of hydrogen-bond acceptors (Lipinski definition) is 3. The summed E-state index contributed by atoms with van der Waals surface area (Å²) in [4.78, 5) is 3.43. The van der Waals surface area contributed by atoms with Gasteiger partial charge in [-0.25, -0.2) is 0 Å². The molecule has 1 aromatic carbocycles. The van der Waals surface area contributed by atoms with E-state index in [1.807, 2.05) is 6.20 Å². The lowest BCUT2D eigenvalue weighted by molar-refractivity contribution is 0.267. The van der Waals surface area contributed by atoms with E-state index in [1.54, 1.807) is 6.26 Å². The minimum absolute atomic E-state index is 0.577. The highest BCUT2D eigenvalue weighted by Crippen LogP contribution is 2.42. The summed E-state index contributed by atoms with van der Waals surface area (Å²) in [7, 11) is 0. The number of fused-ring (bicyclic) bond motifs is 2. The summed E-state index contributed by atoms with van der Waals surface area (Å²) in [5.74, 6) is 1.27. The van der Waals surface area contributed by atoms with Gasteiger partial charge in [0.15, 0.2) is 0 Å². The van der Waals surface area contributed by atoms with Crippen molar-refractivity contribution in [3.63, 3.8) is 0 Å². The third-order valence-electron chi connectivity index (χ3n) is 5.41. The Labute approximate surface area is 128 Å². The Bertz CT molecular complexity index is 805. The summed E-state index contributed by atoms with van der Waals surface area (Å²) >= 11 is 0. The third-order valence-corrected chi connectivity index (χ3v) is 5.41. The maximum atomic E-state index is 4.97. The Morgan fingerprint density at radius 2 is 2.32 bits per heavy atom. The molecule has 2 aliphatic rings. The van der Waals surface area contributed by atoms with Crippen molar-refractivity contribution in [2.45, 2.75) is 31.2 Å². The van der Waals surface area contributed by atoms with Crippen LogP contribution in [-0.2, 0) is 12.8 Å². The molecule has 0 radical (unpaired) electrons. The monoisotopic (exact) mass is 293 g/mol. The maximum absolute atomic E-state index is 4.97. The van der Waals surface area contributed by atoms with E-state index in [0.29, 0.717) is 17.9 Å². The van der Waals surface area contributed by atoms with Crippen LogP contribution in [0.15, 0.2) is 41.4 Å². The summed E-state index contributed by atoms with van der Waals surface area (Å²) in [6.07, 6.45) is 9.25. The van der Waals surface area contributed by atoms with Crippen LogP contribution < -0.4 is 5.32 Å². The molecule has 1 aliphatic carbocycles. The van der Waals surface area contributed by atoms with E-state index in [-0.39, 0.29) is 0 Å². The summed E-state index contributed by atoms with van der Waals surface area (Å²) < 4.78 is 4.97. The van der Waals surface area contributed by atoms with Gasteiger partial charge in [0.1, 0.15) is 6.26 Å². The summed E-state index contributed by atoms with van der Waals surface area (Å²) in [6.45, 7) is 1.09. The van der Waals surface area contributed by atoms with Crippen molar-refractivity contribution in [1.29, 1.82) is 0 Å². The molecule has 3 heterocycles. The number of rotatable bonds is 2. The number of aromatic amines is 1. The lowest BCUT2D eigenvalue weighted by atomic mass is 9.72. The van der Waals surface area contributed by atoms with Gasteiger partial charge >= 0.3 is 0 Å². The van der Waals surface area contributed by atoms with Crippen molar-refractivity contribution in [3.05, 3.63) is 53.5 Å². The van der Waals surface area contributed by atoms with Gasteiger partial charge in [-0.1, -0.05) is 17.3 Å². The van der Waals surface area contributed by atoms with E-state index in [0.717, 1.165) is 19.4 Å². The standard InChI is InChI=1S/C18H19N3O/c1-2-14-15-5-11(4-12-8-21-22-10-12)7-19-17(15)6-13-9-20-16(3-1)18(13)14/h1-3,8-11,15,17,19-20H,4-7H2. The molecule has 112 valence electrons. The van der Waals surface area contributed by atoms with E-state index in [4.69, 9.17) is 4.52 Å². The number of nitrogens with zero attached hydrogens (tertiary/aromatic N) is 1. The molecule has 0 amide bonds. The van der Waals surface area contributed by atoms with Gasteiger partial charge in [-0.2, -0.15) is 0 Å². The van der Waals surface area contributed by atoms with Crippen LogP contribution in [-0.4, -0.2) is 22.7 Å². The number of nitrogens with one attached hydrogen (secondary N) is 2. The molecule has 4 heteroatoms. The molecule has 2 N–H and O–H groups in total. The average Bonchev–Trinajstić information content (AvgIpc) is 3.19. The first-order valence-corrected chi connectivity index (χ1v) is 8.09. The van der Waals surface area contributed by atoms with Crippen molar-refractivity contribution in [3.8, 4) is 0 Å². The molecule has 3 aromatic rings. The van der Waals surface area contributed by atoms with Crippen molar-refractivity contribution in [2.75, 3.05) is 6.54 Å². The minimum atomic E-state index is 0.577. The van der Waals surface area contributed by atoms with E-state index < -0.39 is 0 Å². The average molecular weight is 293 g/mol. The van der Waals surface area contributed by atoms with Crippen LogP contribution in [0.3, 0.4) is 0 Å². The minimum Gasteiger partial charge on any atom is -0.364 e. The van der Waals surface area contributed by atoms with Gasteiger partial charge in [0.25, 0.3) is 0 Å². The molecular weight excluding hydrogens is 274 g/mol. The second kappa shape index (κ2) is 4.71. The zero-order valence-corrected chi connectivity index (χ0v) is 12.4. The smallest absolute Gasteiger partial charge is 0.126 e. The zero-order chi connectivity index (χ0) is 14.5. The molecule has 22 heavy (non-hydrogen) atoms. The van der Waals surface area contributed by atoms with Gasteiger partial charge in [0.2, 0.25) is 0 Å². The maximum Gasteiger partial charge on any atom is 0.126 e. The van der Waals surface area contributed by atoms with Crippen LogP contribution in [0, 0.1) is 5.92 Å². The number of benzene rings is 1. The predicted octanol–water partition coefficient (Wildman–Crippen LogP) is 3.02. The van der Waals surface area contributed by atoms with Gasteiger partial charge in [0, 0.05) is 34.6 Å². The van der Waals surface area contributed by atoms with Gasteiger partial charge < -0.3 is 14.8 Å². The molecule has 2 aromatic heterocycles. The number of hydrogen-bond donors (Lipinski definition) is 2. The molecule has 1 fully saturated rings. The Morgan fingerprint density at radius 3 is 3.23 bits per heavy atom. The quantitative estimate of drug-likeness (QED) is 0.763. The second-order valence-corrected chi connectivity index (χ2v) is 6.75. The normalized spacial score (nSPS) is 27.0. The van der Waals surface area contributed by atoms with E-state index >= 15 is 0 Å². The molecule has 5 rings (SSSR count). The zero-order valence-electron chi connectivity index (χ0n) is 12.4. The molecule has 4 nitrogen and oxygen atoms in total. The summed E-state index contributed by atoms with van der Waals surface area (Å²) in [6, 6.07) is 7.27. The predicted molar refractivity (Wildman–Crippen MR) is 84.8 cm³/mol. The van der Waals surface area contributed by atoms with Gasteiger partial charge in [0.05, 0.1) is 6.20 Å². The molecule has 1 saturated heterocycles. The highest BCUT2D eigenvalue weighted by Gasteiger charge is 2.36. The Morgan fingerprint density at radius 1 is 1.32 bits per heavy atom. The first-order chi connectivity index (χ1) is 10.9. The van der Waals surface area contributed by atoms with Gasteiger partial charge in [-0.3, -0.25) is 0 Å². The largest absolute Gasteiger partial charge is 0.364 e. The molecule has 3 unspecified atom stereocenters. The SMILES string of the molecule is c1cc2c3c(c[nH]c3c1)CC1NCC(Cc3cnoc3)CC21. The van der Waals surface area contributed by atoms with E-state index in [9.17, 15) is 0 Å². The first-order valence-electron chi connectivity index (χ1n) is 8.09. The number of aromatic nitrogens is 2. The van der Waals surface area contributed by atoms with Crippen LogP contribution in [0.5, 0.6) is 0 Å². The lowest BCUT2D eigenvalue weighted by Gasteiger charge is -2.40. The number of H-pyrrole nitrogens is 1. The fourth-order valence-electron chi connectivity index (χ4n) is 4.43. The molecular formula is C18H19N3O. The molecule has 3 atom stereocenters. The van der Waals surface area contributed by atoms with Crippen molar-refractivity contribution < 1.29 is 4.52 Å². The van der Waals surface area contributed by atoms with Crippen LogP contribution in [0.2, 0.25) is 0 Å². The fourth-order valence-corrected chi connectivity index (χ4v) is 4.43. The highest BCUT2D eigenvalue weighted by atomic mass is 16.5. The third kappa shape index (κ3) is 1.83. The van der Waals surface area contributed by atoms with E-state index in [1.165, 1.54) is 34.0 Å². The van der Waals surface area contributed by atoms with Crippen LogP contribution in [0.1, 0.15) is 29.0 Å². The van der Waals surface area contributed by atoms with Crippen LogP contribution >= 0.6 is 0 Å². The van der Waals surface area contributed by atoms with Crippen molar-refractivity contribution in [1.82, 2.24) is 15.5 Å². The molecule has 0 spiro atoms. The van der Waals surface area contributed by atoms with Gasteiger partial charge in [-0.15, -0.1) is 0 Å². The lowest BCUT2D eigenvalue weighted by Crippen LogP contribution is -2.47. The Hall–Kier alpha value is -2.07. The van der Waals surface area contributed by atoms with Crippen LogP contribution in [0.25, 0.3) is 10.9 Å². The Kier molecular flexibility index (Phi) is 2.67. The molecule has 0 bridgehead atoms. The van der Waals surface area contributed by atoms with E-state index in [2.05, 4.69) is 39.9 Å². The van der Waals surface area contributed by atoms with Crippen molar-refractivity contribution >= 4 is 10.9 Å². The van der Waals surface area contributed by atoms with Crippen LogP contribution in [0.4, 0.5) is 0 Å². The second-order valence-electron chi connectivity index (χ2n) is 6.75. The molecule has 0 saturated carbocycles. The summed E-state index contributed by atoms with van der Waals surface area (Å²) in [5.41, 5.74) is 5.48.